The number of nitrogens with one attached hydrogen (secondary N) is 1. The third kappa shape index (κ3) is 4.86. The Hall–Kier alpha value is -4.17. The molecule has 1 atom stereocenters. The molecule has 0 fully saturated rings. The lowest BCUT2D eigenvalue weighted by Crippen LogP contribution is -2.41. The first-order valence-corrected chi connectivity index (χ1v) is 13.8. The van der Waals surface area contributed by atoms with Gasteiger partial charge >= 0.3 is 0 Å². The van der Waals surface area contributed by atoms with Crippen LogP contribution in [0.15, 0.2) is 60.1 Å². The summed E-state index contributed by atoms with van der Waals surface area (Å²) in [6.45, 7) is 5.69. The number of carbonyl (C=O) groups excluding carboxylic acids is 2. The van der Waals surface area contributed by atoms with Gasteiger partial charge in [-0.15, -0.1) is 0 Å². The average Bonchev–Trinajstić information content (AvgIpc) is 3.33. The van der Waals surface area contributed by atoms with Gasteiger partial charge in [-0.25, -0.2) is 9.37 Å². The number of aromatic nitrogens is 1. The van der Waals surface area contributed by atoms with Crippen LogP contribution in [-0.4, -0.2) is 47.8 Å². The van der Waals surface area contributed by atoms with Crippen molar-refractivity contribution in [2.75, 3.05) is 26.5 Å². The Labute approximate surface area is 244 Å². The number of halogens is 2. The van der Waals surface area contributed by atoms with Crippen LogP contribution >= 0.6 is 11.6 Å². The SMILES string of the molecule is C/C=C1\N(C)C=C(C(=O)Nc2ccc(F)c(-c3cccc(-c4cc5c(c(OC)n4)C(C)CC5)c3Cl)c2C)C(=O)N1C. The highest BCUT2D eigenvalue weighted by Crippen LogP contribution is 2.44. The molecule has 1 N–H and O–H groups in total. The summed E-state index contributed by atoms with van der Waals surface area (Å²) in [7, 11) is 4.98. The molecule has 0 radical (unpaired) electrons. The first-order valence-electron chi connectivity index (χ1n) is 13.4. The molecule has 2 heterocycles. The number of aryl methyl sites for hydroxylation is 1. The molecule has 212 valence electrons. The zero-order valence-electron chi connectivity index (χ0n) is 23.9. The van der Waals surface area contributed by atoms with Gasteiger partial charge in [-0.3, -0.25) is 14.5 Å². The van der Waals surface area contributed by atoms with Crippen LogP contribution in [0.25, 0.3) is 22.4 Å². The van der Waals surface area contributed by atoms with Gasteiger partial charge in [-0.1, -0.05) is 36.7 Å². The van der Waals surface area contributed by atoms with E-state index in [4.69, 9.17) is 21.3 Å². The standard InChI is InChI=1S/C32H32ClFN4O3/c1-7-26-37(4)16-22(32(40)38(26)5)30(39)35-24-14-13-23(34)28(18(24)3)21-10-8-9-20(29(21)33)25-15-19-12-11-17(2)27(19)31(36-25)41-6/h7-10,13-17H,11-12H2,1-6H3,(H,35,39)/b26-7+. The molecule has 9 heteroatoms. The van der Waals surface area contributed by atoms with Crippen molar-refractivity contribution in [3.05, 3.63) is 87.6 Å². The van der Waals surface area contributed by atoms with Gasteiger partial charge in [0.2, 0.25) is 5.88 Å². The number of benzene rings is 2. The van der Waals surface area contributed by atoms with Crippen molar-refractivity contribution in [1.82, 2.24) is 14.8 Å². The van der Waals surface area contributed by atoms with Gasteiger partial charge in [0, 0.05) is 48.2 Å². The molecular formula is C32H32ClFN4O3. The van der Waals surface area contributed by atoms with Gasteiger partial charge in [-0.05, 0) is 68.0 Å². The molecule has 0 spiro atoms. The Bertz CT molecular complexity index is 1650. The number of rotatable bonds is 5. The van der Waals surface area contributed by atoms with E-state index in [0.717, 1.165) is 18.4 Å². The molecule has 2 amide bonds. The van der Waals surface area contributed by atoms with E-state index in [-0.39, 0.29) is 11.1 Å². The minimum atomic E-state index is -0.590. The van der Waals surface area contributed by atoms with E-state index >= 15 is 4.39 Å². The minimum absolute atomic E-state index is 0.0307. The van der Waals surface area contributed by atoms with Crippen LogP contribution in [0.3, 0.4) is 0 Å². The summed E-state index contributed by atoms with van der Waals surface area (Å²) in [6, 6.07) is 10.2. The predicted octanol–water partition coefficient (Wildman–Crippen LogP) is 6.66. The smallest absolute Gasteiger partial charge is 0.266 e. The number of likely N-dealkylation sites (N-methyl/N-ethyl adjacent to an activating group) is 1. The summed E-state index contributed by atoms with van der Waals surface area (Å²) in [5.41, 5.74) is 5.15. The van der Waals surface area contributed by atoms with E-state index in [1.165, 1.54) is 28.8 Å². The molecule has 0 saturated heterocycles. The van der Waals surface area contributed by atoms with Gasteiger partial charge in [0.1, 0.15) is 17.2 Å². The van der Waals surface area contributed by atoms with Crippen LogP contribution in [0, 0.1) is 12.7 Å². The molecular weight excluding hydrogens is 543 g/mol. The highest BCUT2D eigenvalue weighted by atomic mass is 35.5. The lowest BCUT2D eigenvalue weighted by atomic mass is 9.95. The summed E-state index contributed by atoms with van der Waals surface area (Å²) >= 11 is 6.95. The fourth-order valence-electron chi connectivity index (χ4n) is 5.77. The summed E-state index contributed by atoms with van der Waals surface area (Å²) in [5, 5.41) is 3.13. The molecule has 0 saturated carbocycles. The van der Waals surface area contributed by atoms with Crippen molar-refractivity contribution in [3.8, 4) is 28.3 Å². The van der Waals surface area contributed by atoms with Crippen molar-refractivity contribution in [3.63, 3.8) is 0 Å². The van der Waals surface area contributed by atoms with Crippen LogP contribution in [-0.2, 0) is 16.0 Å². The van der Waals surface area contributed by atoms with E-state index in [1.54, 1.807) is 51.2 Å². The number of carbonyl (C=O) groups is 2. The normalized spacial score (nSPS) is 17.6. The van der Waals surface area contributed by atoms with Crippen molar-refractivity contribution < 1.29 is 18.7 Å². The van der Waals surface area contributed by atoms with E-state index in [2.05, 4.69) is 12.2 Å². The monoisotopic (exact) mass is 574 g/mol. The Balaban J connectivity index is 1.53. The number of anilines is 1. The second-order valence-electron chi connectivity index (χ2n) is 10.4. The Morgan fingerprint density at radius 3 is 2.66 bits per heavy atom. The van der Waals surface area contributed by atoms with Gasteiger partial charge in [0.25, 0.3) is 11.8 Å². The van der Waals surface area contributed by atoms with E-state index < -0.39 is 17.6 Å². The van der Waals surface area contributed by atoms with Gasteiger partial charge in [-0.2, -0.15) is 0 Å². The third-order valence-electron chi connectivity index (χ3n) is 7.91. The number of methoxy groups -OCH3 is 1. The molecule has 5 rings (SSSR count). The highest BCUT2D eigenvalue weighted by Gasteiger charge is 2.31. The van der Waals surface area contributed by atoms with Crippen molar-refractivity contribution in [2.24, 2.45) is 0 Å². The van der Waals surface area contributed by atoms with Crippen molar-refractivity contribution >= 4 is 29.1 Å². The summed E-state index contributed by atoms with van der Waals surface area (Å²) in [5.74, 6) is 0.0949. The maximum Gasteiger partial charge on any atom is 0.266 e. The zero-order valence-corrected chi connectivity index (χ0v) is 24.7. The molecule has 0 bridgehead atoms. The van der Waals surface area contributed by atoms with Crippen LogP contribution in [0.1, 0.15) is 42.9 Å². The van der Waals surface area contributed by atoms with Crippen molar-refractivity contribution in [2.45, 2.75) is 39.5 Å². The van der Waals surface area contributed by atoms with Gasteiger partial charge in [0.15, 0.2) is 0 Å². The minimum Gasteiger partial charge on any atom is -0.481 e. The number of nitrogens with zero attached hydrogens (tertiary/aromatic N) is 3. The number of allylic oxidation sites excluding steroid dienone is 1. The molecule has 3 aromatic rings. The van der Waals surface area contributed by atoms with Crippen LogP contribution in [0.2, 0.25) is 5.02 Å². The van der Waals surface area contributed by atoms with E-state index in [0.29, 0.717) is 50.7 Å². The quantitative estimate of drug-likeness (QED) is 0.345. The second kappa shape index (κ2) is 11.0. The Morgan fingerprint density at radius 1 is 1.22 bits per heavy atom. The first-order chi connectivity index (χ1) is 19.6. The number of hydrogen-bond acceptors (Lipinski definition) is 5. The molecule has 1 aliphatic carbocycles. The van der Waals surface area contributed by atoms with Gasteiger partial charge < -0.3 is 15.0 Å². The molecule has 1 unspecified atom stereocenters. The van der Waals surface area contributed by atoms with Crippen LogP contribution in [0.5, 0.6) is 5.88 Å². The molecule has 2 aliphatic rings. The topological polar surface area (TPSA) is 74.8 Å². The number of hydrogen-bond donors (Lipinski definition) is 1. The fraction of sp³-hybridized carbons (Fsp3) is 0.281. The lowest BCUT2D eigenvalue weighted by molar-refractivity contribution is -0.128. The first kappa shape index (κ1) is 28.4. The van der Waals surface area contributed by atoms with E-state index in [9.17, 15) is 9.59 Å². The Morgan fingerprint density at radius 2 is 1.95 bits per heavy atom. The van der Waals surface area contributed by atoms with E-state index in [1.807, 2.05) is 19.1 Å². The summed E-state index contributed by atoms with van der Waals surface area (Å²) in [4.78, 5) is 34.0. The fourth-order valence-corrected chi connectivity index (χ4v) is 6.09. The lowest BCUT2D eigenvalue weighted by Gasteiger charge is -2.32. The maximum atomic E-state index is 15.4. The number of ether oxygens (including phenoxy) is 1. The Kier molecular flexibility index (Phi) is 7.62. The number of fused-ring (bicyclic) bond motifs is 1. The van der Waals surface area contributed by atoms with Crippen LogP contribution < -0.4 is 10.1 Å². The van der Waals surface area contributed by atoms with Crippen LogP contribution in [0.4, 0.5) is 10.1 Å². The molecule has 1 aromatic heterocycles. The molecule has 41 heavy (non-hydrogen) atoms. The number of pyridine rings is 1. The molecule has 1 aliphatic heterocycles. The molecule has 2 aromatic carbocycles. The van der Waals surface area contributed by atoms with Gasteiger partial charge in [0.05, 0.1) is 17.8 Å². The van der Waals surface area contributed by atoms with Crippen molar-refractivity contribution in [1.29, 1.82) is 0 Å². The summed E-state index contributed by atoms with van der Waals surface area (Å²) in [6.07, 6.45) is 5.23. The second-order valence-corrected chi connectivity index (χ2v) is 10.8. The average molecular weight is 575 g/mol. The number of amides is 2. The maximum absolute atomic E-state index is 15.4. The third-order valence-corrected chi connectivity index (χ3v) is 8.32. The summed E-state index contributed by atoms with van der Waals surface area (Å²) < 4.78 is 21.0. The zero-order chi connectivity index (χ0) is 29.6. The predicted molar refractivity (Wildman–Crippen MR) is 159 cm³/mol. The highest BCUT2D eigenvalue weighted by molar-refractivity contribution is 6.36. The largest absolute Gasteiger partial charge is 0.481 e. The molecule has 7 nitrogen and oxygen atoms in total.